The normalized spacial score (nSPS) is 14.0. The molecule has 0 saturated carbocycles. The second-order valence-corrected chi connectivity index (χ2v) is 5.17. The van der Waals surface area contributed by atoms with Crippen LogP contribution in [-0.4, -0.2) is 36.8 Å². The highest BCUT2D eigenvalue weighted by molar-refractivity contribution is 5.19. The van der Waals surface area contributed by atoms with E-state index in [0.29, 0.717) is 13.1 Å². The van der Waals surface area contributed by atoms with Crippen molar-refractivity contribution in [2.75, 3.05) is 19.6 Å². The number of hydrogen-bond acceptors (Lipinski definition) is 2. The van der Waals surface area contributed by atoms with Crippen LogP contribution >= 0.6 is 0 Å². The predicted molar refractivity (Wildman–Crippen MR) is 75.6 cm³/mol. The summed E-state index contributed by atoms with van der Waals surface area (Å²) in [6, 6.07) is 9.32. The second-order valence-electron chi connectivity index (χ2n) is 5.17. The van der Waals surface area contributed by atoms with Gasteiger partial charge in [0.2, 0.25) is 0 Å². The molecular weight excluding hydrogens is 265 g/mol. The molecule has 20 heavy (non-hydrogen) atoms. The van der Waals surface area contributed by atoms with Gasteiger partial charge in [-0.15, -0.1) is 0 Å². The van der Waals surface area contributed by atoms with Gasteiger partial charge in [-0.25, -0.2) is 0 Å². The first-order valence-corrected chi connectivity index (χ1v) is 6.92. The van der Waals surface area contributed by atoms with E-state index in [9.17, 15) is 13.2 Å². The highest BCUT2D eigenvalue weighted by Gasteiger charge is 2.33. The Bertz CT molecular complexity index is 376. The number of nitrogens with zero attached hydrogens (tertiary/aromatic N) is 1. The Morgan fingerprint density at radius 3 is 2.20 bits per heavy atom. The van der Waals surface area contributed by atoms with Gasteiger partial charge >= 0.3 is 6.18 Å². The molecule has 0 saturated heterocycles. The number of alkyl halides is 3. The highest BCUT2D eigenvalue weighted by Crippen LogP contribution is 2.25. The van der Waals surface area contributed by atoms with Crippen molar-refractivity contribution >= 4 is 0 Å². The fourth-order valence-corrected chi connectivity index (χ4v) is 2.15. The van der Waals surface area contributed by atoms with E-state index in [1.54, 1.807) is 6.92 Å². The molecule has 0 aromatic heterocycles. The van der Waals surface area contributed by atoms with Gasteiger partial charge in [-0.2, -0.15) is 13.2 Å². The lowest BCUT2D eigenvalue weighted by atomic mass is 10.0. The van der Waals surface area contributed by atoms with Crippen LogP contribution in [0.4, 0.5) is 13.2 Å². The smallest absolute Gasteiger partial charge is 0.313 e. The summed E-state index contributed by atoms with van der Waals surface area (Å²) in [7, 11) is 0. The first kappa shape index (κ1) is 17.0. The maximum absolute atomic E-state index is 12.7. The Balaban J connectivity index is 2.90. The number of nitrogens with one attached hydrogen (secondary N) is 1. The molecule has 0 fully saturated rings. The molecule has 1 aromatic rings. The fourth-order valence-electron chi connectivity index (χ4n) is 2.15. The van der Waals surface area contributed by atoms with Crippen LogP contribution in [0, 0.1) is 0 Å². The lowest BCUT2D eigenvalue weighted by Crippen LogP contribution is -2.42. The van der Waals surface area contributed by atoms with Crippen molar-refractivity contribution in [3.8, 4) is 0 Å². The summed E-state index contributed by atoms with van der Waals surface area (Å²) in [5.74, 6) is 0. The van der Waals surface area contributed by atoms with E-state index in [2.05, 4.69) is 5.32 Å². The Morgan fingerprint density at radius 2 is 1.75 bits per heavy atom. The summed E-state index contributed by atoms with van der Waals surface area (Å²) in [6.45, 7) is 5.72. The first-order chi connectivity index (χ1) is 9.33. The number of likely N-dealkylation sites (N-methyl/N-ethyl adjacent to an activating group) is 1. The molecule has 0 bridgehead atoms. The summed E-state index contributed by atoms with van der Waals surface area (Å²) in [5.41, 5.74) is 0.909. The average molecular weight is 288 g/mol. The summed E-state index contributed by atoms with van der Waals surface area (Å²) < 4.78 is 38.1. The lowest BCUT2D eigenvalue weighted by Gasteiger charge is -2.32. The quantitative estimate of drug-likeness (QED) is 0.824. The number of benzene rings is 1. The molecule has 2 nitrogen and oxygen atoms in total. The van der Waals surface area contributed by atoms with Gasteiger partial charge in [0.05, 0.1) is 6.54 Å². The van der Waals surface area contributed by atoms with Gasteiger partial charge in [0.25, 0.3) is 0 Å². The highest BCUT2D eigenvalue weighted by atomic mass is 19.4. The van der Waals surface area contributed by atoms with Crippen LogP contribution in [0.15, 0.2) is 30.3 Å². The minimum Gasteiger partial charge on any atom is -0.313 e. The topological polar surface area (TPSA) is 15.3 Å². The van der Waals surface area contributed by atoms with Crippen molar-refractivity contribution in [1.82, 2.24) is 10.2 Å². The standard InChI is InChI=1S/C15H23F3N2/c1-4-20(11-15(16,17)18)14(10-19-12(2)3)13-8-6-5-7-9-13/h5-9,12,14,19H,4,10-11H2,1-3H3. The average Bonchev–Trinajstić information content (AvgIpc) is 2.37. The maximum atomic E-state index is 12.7. The third-order valence-corrected chi connectivity index (χ3v) is 3.13. The maximum Gasteiger partial charge on any atom is 0.401 e. The fraction of sp³-hybridized carbons (Fsp3) is 0.600. The molecule has 5 heteroatoms. The Kier molecular flexibility index (Phi) is 6.49. The van der Waals surface area contributed by atoms with E-state index >= 15 is 0 Å². The Hall–Kier alpha value is -1.07. The molecule has 0 heterocycles. The summed E-state index contributed by atoms with van der Waals surface area (Å²) in [5, 5.41) is 3.24. The molecule has 0 spiro atoms. The molecule has 0 amide bonds. The van der Waals surface area contributed by atoms with E-state index in [0.717, 1.165) is 5.56 Å². The molecule has 1 rings (SSSR count). The molecular formula is C15H23F3N2. The van der Waals surface area contributed by atoms with E-state index in [1.807, 2.05) is 44.2 Å². The van der Waals surface area contributed by atoms with Crippen LogP contribution in [-0.2, 0) is 0 Å². The molecule has 1 aromatic carbocycles. The van der Waals surface area contributed by atoms with Crippen LogP contribution < -0.4 is 5.32 Å². The van der Waals surface area contributed by atoms with E-state index < -0.39 is 12.7 Å². The first-order valence-electron chi connectivity index (χ1n) is 6.92. The van der Waals surface area contributed by atoms with Crippen molar-refractivity contribution in [2.24, 2.45) is 0 Å². The molecule has 0 aliphatic rings. The monoisotopic (exact) mass is 288 g/mol. The van der Waals surface area contributed by atoms with Gasteiger partial charge in [0, 0.05) is 18.6 Å². The van der Waals surface area contributed by atoms with Crippen LogP contribution in [0.25, 0.3) is 0 Å². The Morgan fingerprint density at radius 1 is 1.15 bits per heavy atom. The molecule has 114 valence electrons. The zero-order valence-corrected chi connectivity index (χ0v) is 12.2. The number of halogens is 3. The SMILES string of the molecule is CCN(CC(F)(F)F)C(CNC(C)C)c1ccccc1. The van der Waals surface area contributed by atoms with Gasteiger partial charge in [-0.3, -0.25) is 4.90 Å². The van der Waals surface area contributed by atoms with Gasteiger partial charge in [-0.1, -0.05) is 51.1 Å². The van der Waals surface area contributed by atoms with Crippen LogP contribution in [0.1, 0.15) is 32.4 Å². The van der Waals surface area contributed by atoms with Gasteiger partial charge in [-0.05, 0) is 12.1 Å². The van der Waals surface area contributed by atoms with Gasteiger partial charge in [0.15, 0.2) is 0 Å². The van der Waals surface area contributed by atoms with E-state index in [1.165, 1.54) is 4.90 Å². The minimum absolute atomic E-state index is 0.241. The van der Waals surface area contributed by atoms with Gasteiger partial charge < -0.3 is 5.32 Å². The Labute approximate surface area is 119 Å². The number of rotatable bonds is 7. The van der Waals surface area contributed by atoms with Crippen molar-refractivity contribution in [2.45, 2.75) is 39.0 Å². The van der Waals surface area contributed by atoms with Crippen LogP contribution in [0.2, 0.25) is 0 Å². The molecule has 1 unspecified atom stereocenters. The lowest BCUT2D eigenvalue weighted by molar-refractivity contribution is -0.150. The van der Waals surface area contributed by atoms with Crippen molar-refractivity contribution < 1.29 is 13.2 Å². The summed E-state index contributed by atoms with van der Waals surface area (Å²) >= 11 is 0. The summed E-state index contributed by atoms with van der Waals surface area (Å²) in [6.07, 6.45) is -4.18. The number of hydrogen-bond donors (Lipinski definition) is 1. The van der Waals surface area contributed by atoms with Crippen LogP contribution in [0.3, 0.4) is 0 Å². The van der Waals surface area contributed by atoms with E-state index in [-0.39, 0.29) is 12.1 Å². The van der Waals surface area contributed by atoms with Crippen molar-refractivity contribution in [3.63, 3.8) is 0 Å². The zero-order chi connectivity index (χ0) is 15.2. The van der Waals surface area contributed by atoms with Crippen LogP contribution in [0.5, 0.6) is 0 Å². The largest absolute Gasteiger partial charge is 0.401 e. The van der Waals surface area contributed by atoms with Crippen molar-refractivity contribution in [3.05, 3.63) is 35.9 Å². The van der Waals surface area contributed by atoms with Gasteiger partial charge in [0.1, 0.15) is 0 Å². The minimum atomic E-state index is -4.18. The molecule has 0 aliphatic heterocycles. The summed E-state index contributed by atoms with van der Waals surface area (Å²) in [4.78, 5) is 1.46. The third-order valence-electron chi connectivity index (χ3n) is 3.13. The zero-order valence-electron chi connectivity index (χ0n) is 12.2. The molecule has 0 aliphatic carbocycles. The second kappa shape index (κ2) is 7.64. The molecule has 1 atom stereocenters. The van der Waals surface area contributed by atoms with Crippen molar-refractivity contribution in [1.29, 1.82) is 0 Å². The molecule has 1 N–H and O–H groups in total. The molecule has 0 radical (unpaired) electrons. The van der Waals surface area contributed by atoms with E-state index in [4.69, 9.17) is 0 Å². The predicted octanol–water partition coefficient (Wildman–Crippen LogP) is 3.61. The third kappa shape index (κ3) is 5.92.